The van der Waals surface area contributed by atoms with Gasteiger partial charge in [-0.05, 0) is 79.0 Å². The summed E-state index contributed by atoms with van der Waals surface area (Å²) < 4.78 is 5.91. The molecule has 0 heterocycles. The molecule has 4 rings (SSSR count). The van der Waals surface area contributed by atoms with Crippen LogP contribution in [-0.4, -0.2) is 11.7 Å². The fourth-order valence-electron chi connectivity index (χ4n) is 4.18. The lowest BCUT2D eigenvalue weighted by Gasteiger charge is -2.41. The predicted octanol–water partition coefficient (Wildman–Crippen LogP) is 5.16. The first-order valence-electron chi connectivity index (χ1n) is 10.6. The highest BCUT2D eigenvalue weighted by Crippen LogP contribution is 2.45. The predicted molar refractivity (Wildman–Crippen MR) is 113 cm³/mol. The Balaban J connectivity index is 1.47. The average Bonchev–Trinajstić information content (AvgIpc) is 3.55. The van der Waals surface area contributed by atoms with Gasteiger partial charge in [0.25, 0.3) is 0 Å². The maximum absolute atomic E-state index is 11.7. The van der Waals surface area contributed by atoms with Crippen molar-refractivity contribution in [3.05, 3.63) is 77.5 Å². The van der Waals surface area contributed by atoms with Crippen molar-refractivity contribution in [1.82, 2.24) is 5.32 Å². The second kappa shape index (κ2) is 8.40. The number of hydrogen-bond acceptors (Lipinski definition) is 3. The van der Waals surface area contributed by atoms with Crippen LogP contribution in [0.4, 0.5) is 0 Å². The number of ether oxygens (including phenoxy) is 1. The number of aliphatic hydroxyl groups is 1. The van der Waals surface area contributed by atoms with Gasteiger partial charge in [0, 0.05) is 6.54 Å². The van der Waals surface area contributed by atoms with Crippen LogP contribution in [0.5, 0.6) is 5.75 Å². The van der Waals surface area contributed by atoms with Gasteiger partial charge < -0.3 is 15.2 Å². The van der Waals surface area contributed by atoms with E-state index in [2.05, 4.69) is 30.6 Å². The van der Waals surface area contributed by atoms with E-state index < -0.39 is 5.60 Å². The van der Waals surface area contributed by atoms with Crippen LogP contribution in [0.25, 0.3) is 0 Å². The molecule has 2 saturated carbocycles. The number of hydrogen-bond donors (Lipinski definition) is 2. The maximum Gasteiger partial charge on any atom is 0.119 e. The zero-order valence-corrected chi connectivity index (χ0v) is 16.7. The molecule has 28 heavy (non-hydrogen) atoms. The fraction of sp³-hybridized carbons (Fsp3) is 0.440. The molecule has 2 aliphatic carbocycles. The average molecular weight is 378 g/mol. The minimum atomic E-state index is -0.896. The molecule has 0 saturated heterocycles. The van der Waals surface area contributed by atoms with E-state index in [1.807, 2.05) is 42.5 Å². The zero-order valence-electron chi connectivity index (χ0n) is 16.7. The molecule has 2 fully saturated rings. The lowest BCUT2D eigenvalue weighted by molar-refractivity contribution is -0.00105. The van der Waals surface area contributed by atoms with Gasteiger partial charge in [0.15, 0.2) is 0 Å². The van der Waals surface area contributed by atoms with Crippen LogP contribution in [0.3, 0.4) is 0 Å². The van der Waals surface area contributed by atoms with Crippen molar-refractivity contribution in [2.45, 2.75) is 51.2 Å². The third kappa shape index (κ3) is 4.25. The lowest BCUT2D eigenvalue weighted by atomic mass is 9.69. The first-order valence-corrected chi connectivity index (χ1v) is 10.6. The van der Waals surface area contributed by atoms with E-state index in [9.17, 15) is 5.11 Å². The zero-order chi connectivity index (χ0) is 19.4. The van der Waals surface area contributed by atoms with Crippen molar-refractivity contribution in [2.75, 3.05) is 6.54 Å². The van der Waals surface area contributed by atoms with Gasteiger partial charge in [0.05, 0.1) is 0 Å². The molecule has 0 radical (unpaired) electrons. The Bertz CT molecular complexity index is 795. The molecule has 3 heteroatoms. The lowest BCUT2D eigenvalue weighted by Crippen LogP contribution is -2.39. The molecule has 2 aromatic carbocycles. The van der Waals surface area contributed by atoms with E-state index in [1.54, 1.807) is 0 Å². The van der Waals surface area contributed by atoms with Crippen molar-refractivity contribution < 1.29 is 9.84 Å². The quantitative estimate of drug-likeness (QED) is 0.700. The Labute approximate surface area is 168 Å². The van der Waals surface area contributed by atoms with Crippen LogP contribution in [0, 0.1) is 11.8 Å². The summed E-state index contributed by atoms with van der Waals surface area (Å²) in [4.78, 5) is 0. The van der Waals surface area contributed by atoms with Crippen molar-refractivity contribution in [2.24, 2.45) is 11.8 Å². The molecule has 0 spiro atoms. The first kappa shape index (κ1) is 19.1. The van der Waals surface area contributed by atoms with E-state index in [1.165, 1.54) is 12.8 Å². The third-order valence-electron chi connectivity index (χ3n) is 6.21. The van der Waals surface area contributed by atoms with Gasteiger partial charge in [-0.2, -0.15) is 0 Å². The van der Waals surface area contributed by atoms with Crippen molar-refractivity contribution in [1.29, 1.82) is 0 Å². The molecular formula is C25H31NO2. The molecule has 148 valence electrons. The highest BCUT2D eigenvalue weighted by molar-refractivity contribution is 5.38. The topological polar surface area (TPSA) is 41.5 Å². The molecule has 2 aromatic rings. The Morgan fingerprint density at radius 1 is 1.07 bits per heavy atom. The van der Waals surface area contributed by atoms with Crippen LogP contribution in [0.15, 0.2) is 66.4 Å². The Morgan fingerprint density at radius 2 is 1.82 bits per heavy atom. The summed E-state index contributed by atoms with van der Waals surface area (Å²) in [5, 5.41) is 15.2. The molecule has 2 unspecified atom stereocenters. The van der Waals surface area contributed by atoms with Gasteiger partial charge >= 0.3 is 0 Å². The number of nitrogens with one attached hydrogen (secondary N) is 1. The van der Waals surface area contributed by atoms with E-state index in [0.29, 0.717) is 6.61 Å². The maximum atomic E-state index is 11.7. The van der Waals surface area contributed by atoms with Gasteiger partial charge in [-0.25, -0.2) is 0 Å². The normalized spacial score (nSPS) is 26.2. The number of benzene rings is 2. The van der Waals surface area contributed by atoms with E-state index in [-0.39, 0.29) is 5.92 Å². The molecule has 3 nitrogen and oxygen atoms in total. The third-order valence-corrected chi connectivity index (χ3v) is 6.21. The van der Waals surface area contributed by atoms with E-state index in [0.717, 1.165) is 54.2 Å². The van der Waals surface area contributed by atoms with Crippen LogP contribution >= 0.6 is 0 Å². The molecule has 0 aromatic heterocycles. The Hall–Kier alpha value is -2.26. The SMILES string of the molecule is CC1CCC/C(=C\NCC2CC2)C1(O)c1ccc(OCc2ccccc2)cc1. The molecule has 2 aliphatic rings. The van der Waals surface area contributed by atoms with Crippen molar-refractivity contribution >= 4 is 0 Å². The van der Waals surface area contributed by atoms with E-state index >= 15 is 0 Å². The van der Waals surface area contributed by atoms with Gasteiger partial charge in [0.2, 0.25) is 0 Å². The van der Waals surface area contributed by atoms with Crippen molar-refractivity contribution in [3.63, 3.8) is 0 Å². The molecule has 0 amide bonds. The molecule has 2 N–H and O–H groups in total. The molecule has 0 aliphatic heterocycles. The summed E-state index contributed by atoms with van der Waals surface area (Å²) >= 11 is 0. The standard InChI is InChI=1S/C25H31NO2/c1-19-6-5-9-23(17-26-16-20-10-11-20)25(19,27)22-12-14-24(15-13-22)28-18-21-7-3-2-4-8-21/h2-4,7-8,12-15,17,19-20,26-27H,5-6,9-11,16,18H2,1H3/b23-17+. The monoisotopic (exact) mass is 377 g/mol. The van der Waals surface area contributed by atoms with Crippen molar-refractivity contribution in [3.8, 4) is 5.75 Å². The molecular weight excluding hydrogens is 346 g/mol. The molecule has 0 bridgehead atoms. The Kier molecular flexibility index (Phi) is 5.72. The van der Waals surface area contributed by atoms with E-state index in [4.69, 9.17) is 4.74 Å². The van der Waals surface area contributed by atoms with Gasteiger partial charge in [-0.1, -0.05) is 49.4 Å². The van der Waals surface area contributed by atoms with Gasteiger partial charge in [-0.15, -0.1) is 0 Å². The fourth-order valence-corrected chi connectivity index (χ4v) is 4.18. The summed E-state index contributed by atoms with van der Waals surface area (Å²) in [7, 11) is 0. The highest BCUT2D eigenvalue weighted by Gasteiger charge is 2.41. The summed E-state index contributed by atoms with van der Waals surface area (Å²) in [6, 6.07) is 18.2. The second-order valence-corrected chi connectivity index (χ2v) is 8.38. The van der Waals surface area contributed by atoms with Gasteiger partial charge in [-0.3, -0.25) is 0 Å². The minimum Gasteiger partial charge on any atom is -0.489 e. The van der Waals surface area contributed by atoms with Crippen LogP contribution in [0.2, 0.25) is 0 Å². The Morgan fingerprint density at radius 3 is 2.54 bits per heavy atom. The van der Waals surface area contributed by atoms with Gasteiger partial charge in [0.1, 0.15) is 18.0 Å². The highest BCUT2D eigenvalue weighted by atomic mass is 16.5. The van der Waals surface area contributed by atoms with Crippen LogP contribution < -0.4 is 10.1 Å². The summed E-state index contributed by atoms with van der Waals surface area (Å²) in [6.45, 7) is 3.74. The summed E-state index contributed by atoms with van der Waals surface area (Å²) in [6.07, 6.45) is 7.89. The first-order chi connectivity index (χ1) is 13.7. The molecule has 2 atom stereocenters. The number of rotatable bonds is 7. The summed E-state index contributed by atoms with van der Waals surface area (Å²) in [5.41, 5.74) is 2.33. The minimum absolute atomic E-state index is 0.200. The second-order valence-electron chi connectivity index (χ2n) is 8.38. The summed E-state index contributed by atoms with van der Waals surface area (Å²) in [5.74, 6) is 1.86. The largest absolute Gasteiger partial charge is 0.489 e. The van der Waals surface area contributed by atoms with Crippen LogP contribution in [0.1, 0.15) is 50.2 Å². The van der Waals surface area contributed by atoms with Crippen LogP contribution in [-0.2, 0) is 12.2 Å². The smallest absolute Gasteiger partial charge is 0.119 e.